The van der Waals surface area contributed by atoms with E-state index in [4.69, 9.17) is 0 Å². The maximum absolute atomic E-state index is 3.78. The second-order valence-electron chi connectivity index (χ2n) is 6.65. The average Bonchev–Trinajstić information content (AvgIpc) is 2.77. The number of nitrogens with zero attached hydrogens (tertiary/aromatic N) is 1. The van der Waals surface area contributed by atoms with E-state index in [1.807, 2.05) is 0 Å². The fraction of sp³-hybridized carbons (Fsp3) is 0.647. The maximum Gasteiger partial charge on any atom is 0.0361 e. The highest BCUT2D eigenvalue weighted by Crippen LogP contribution is 2.31. The summed E-state index contributed by atoms with van der Waals surface area (Å²) in [6.45, 7) is 5.84. The quantitative estimate of drug-likeness (QED) is 0.872. The third kappa shape index (κ3) is 3.73. The van der Waals surface area contributed by atoms with Crippen molar-refractivity contribution < 1.29 is 0 Å². The van der Waals surface area contributed by atoms with Crippen LogP contribution in [-0.4, -0.2) is 26.2 Å². The van der Waals surface area contributed by atoms with Gasteiger partial charge in [-0.2, -0.15) is 0 Å². The van der Waals surface area contributed by atoms with E-state index >= 15 is 0 Å². The molecule has 0 aliphatic carbocycles. The zero-order valence-corrected chi connectivity index (χ0v) is 12.9. The second kappa shape index (κ2) is 5.96. The largest absolute Gasteiger partial charge is 0.378 e. The van der Waals surface area contributed by atoms with Gasteiger partial charge < -0.3 is 10.2 Å². The molecule has 1 unspecified atom stereocenters. The van der Waals surface area contributed by atoms with E-state index in [0.717, 1.165) is 5.92 Å². The fourth-order valence-electron chi connectivity index (χ4n) is 3.35. The van der Waals surface area contributed by atoms with Gasteiger partial charge in [-0.05, 0) is 55.8 Å². The average molecular weight is 260 g/mol. The van der Waals surface area contributed by atoms with Crippen molar-refractivity contribution in [1.82, 2.24) is 5.32 Å². The number of hydrogen-bond donors (Lipinski definition) is 1. The van der Waals surface area contributed by atoms with E-state index in [-0.39, 0.29) is 0 Å². The lowest BCUT2D eigenvalue weighted by molar-refractivity contribution is 0.301. The van der Waals surface area contributed by atoms with E-state index < -0.39 is 0 Å². The van der Waals surface area contributed by atoms with E-state index in [0.29, 0.717) is 5.54 Å². The summed E-state index contributed by atoms with van der Waals surface area (Å²) in [6.07, 6.45) is 5.09. The minimum Gasteiger partial charge on any atom is -0.378 e. The molecule has 0 amide bonds. The summed E-state index contributed by atoms with van der Waals surface area (Å²) in [5.41, 5.74) is 3.08. The minimum absolute atomic E-state index is 0.341. The molecule has 0 radical (unpaired) electrons. The Morgan fingerprint density at radius 1 is 1.21 bits per heavy atom. The zero-order valence-electron chi connectivity index (χ0n) is 12.9. The Bertz CT molecular complexity index is 386. The molecule has 2 rings (SSSR count). The Labute approximate surface area is 118 Å². The van der Waals surface area contributed by atoms with Crippen molar-refractivity contribution in [1.29, 1.82) is 0 Å². The molecule has 1 heterocycles. The first kappa shape index (κ1) is 14.4. The number of rotatable bonds is 5. The van der Waals surface area contributed by atoms with E-state index in [9.17, 15) is 0 Å². The van der Waals surface area contributed by atoms with Crippen LogP contribution in [-0.2, 0) is 6.42 Å². The summed E-state index contributed by atoms with van der Waals surface area (Å²) in [5, 5.41) is 3.78. The van der Waals surface area contributed by atoms with Gasteiger partial charge in [-0.3, -0.25) is 0 Å². The van der Waals surface area contributed by atoms with Crippen molar-refractivity contribution in [2.45, 2.75) is 45.1 Å². The van der Waals surface area contributed by atoms with Crippen LogP contribution in [0.4, 0.5) is 5.69 Å². The lowest BCUT2D eigenvalue weighted by Gasteiger charge is -2.32. The number of benzene rings is 1. The monoisotopic (exact) mass is 260 g/mol. The molecule has 2 nitrogen and oxygen atoms in total. The van der Waals surface area contributed by atoms with Gasteiger partial charge in [-0.1, -0.05) is 26.0 Å². The van der Waals surface area contributed by atoms with Gasteiger partial charge in [0.25, 0.3) is 0 Å². The summed E-state index contributed by atoms with van der Waals surface area (Å²) < 4.78 is 0. The first-order chi connectivity index (χ1) is 9.01. The molecule has 0 bridgehead atoms. The minimum atomic E-state index is 0.341. The number of nitrogens with one attached hydrogen (secondary N) is 1. The number of hydrogen-bond acceptors (Lipinski definition) is 2. The van der Waals surface area contributed by atoms with E-state index in [2.05, 4.69) is 62.4 Å². The van der Waals surface area contributed by atoms with Crippen molar-refractivity contribution in [2.75, 3.05) is 25.5 Å². The molecule has 19 heavy (non-hydrogen) atoms. The highest BCUT2D eigenvalue weighted by molar-refractivity contribution is 5.46. The highest BCUT2D eigenvalue weighted by atomic mass is 15.1. The molecule has 2 heteroatoms. The Hall–Kier alpha value is -1.02. The molecule has 1 saturated heterocycles. The Morgan fingerprint density at radius 2 is 1.89 bits per heavy atom. The van der Waals surface area contributed by atoms with Crippen molar-refractivity contribution in [3.05, 3.63) is 29.8 Å². The standard InChI is InChI=1S/C17H28N2/c1-14(2)12-17(10-5-11-18-17)13-15-6-8-16(9-7-15)19(3)4/h6-9,14,18H,5,10-13H2,1-4H3. The van der Waals surface area contributed by atoms with Gasteiger partial charge in [-0.15, -0.1) is 0 Å². The van der Waals surface area contributed by atoms with Gasteiger partial charge in [0, 0.05) is 25.3 Å². The van der Waals surface area contributed by atoms with Crippen LogP contribution < -0.4 is 10.2 Å². The molecule has 1 aliphatic rings. The molecular weight excluding hydrogens is 232 g/mol. The summed E-state index contributed by atoms with van der Waals surface area (Å²) >= 11 is 0. The fourth-order valence-corrected chi connectivity index (χ4v) is 3.35. The van der Waals surface area contributed by atoms with Crippen LogP contribution in [0.1, 0.15) is 38.7 Å². The molecule has 1 fully saturated rings. The smallest absolute Gasteiger partial charge is 0.0361 e. The second-order valence-corrected chi connectivity index (χ2v) is 6.65. The predicted octanol–water partition coefficient (Wildman–Crippen LogP) is 3.46. The molecular formula is C17H28N2. The van der Waals surface area contributed by atoms with Crippen molar-refractivity contribution >= 4 is 5.69 Å². The SMILES string of the molecule is CC(C)CC1(Cc2ccc(N(C)C)cc2)CCCN1. The molecule has 1 aromatic rings. The molecule has 1 aliphatic heterocycles. The lowest BCUT2D eigenvalue weighted by atomic mass is 9.82. The van der Waals surface area contributed by atoms with Crippen molar-refractivity contribution in [2.24, 2.45) is 5.92 Å². The molecule has 0 spiro atoms. The third-order valence-electron chi connectivity index (χ3n) is 4.13. The van der Waals surface area contributed by atoms with E-state index in [1.54, 1.807) is 0 Å². The molecule has 1 atom stereocenters. The summed E-state index contributed by atoms with van der Waals surface area (Å²) in [5.74, 6) is 0.756. The molecule has 106 valence electrons. The summed E-state index contributed by atoms with van der Waals surface area (Å²) in [6, 6.07) is 9.04. The third-order valence-corrected chi connectivity index (χ3v) is 4.13. The lowest BCUT2D eigenvalue weighted by Crippen LogP contribution is -2.43. The Kier molecular flexibility index (Phi) is 4.51. The van der Waals surface area contributed by atoms with E-state index in [1.165, 1.54) is 43.5 Å². The topological polar surface area (TPSA) is 15.3 Å². The maximum atomic E-state index is 3.78. The Morgan fingerprint density at radius 3 is 2.37 bits per heavy atom. The molecule has 0 saturated carbocycles. The van der Waals surface area contributed by atoms with Gasteiger partial charge in [0.2, 0.25) is 0 Å². The van der Waals surface area contributed by atoms with Crippen molar-refractivity contribution in [3.8, 4) is 0 Å². The highest BCUT2D eigenvalue weighted by Gasteiger charge is 2.33. The molecule has 1 N–H and O–H groups in total. The van der Waals surface area contributed by atoms with Gasteiger partial charge in [0.1, 0.15) is 0 Å². The molecule has 1 aromatic carbocycles. The van der Waals surface area contributed by atoms with Crippen LogP contribution in [0.15, 0.2) is 24.3 Å². The van der Waals surface area contributed by atoms with Gasteiger partial charge in [0.15, 0.2) is 0 Å². The van der Waals surface area contributed by atoms with Crippen LogP contribution in [0, 0.1) is 5.92 Å². The van der Waals surface area contributed by atoms with Gasteiger partial charge in [-0.25, -0.2) is 0 Å². The molecule has 0 aromatic heterocycles. The van der Waals surface area contributed by atoms with Crippen LogP contribution in [0.25, 0.3) is 0 Å². The van der Waals surface area contributed by atoms with Crippen LogP contribution in [0.5, 0.6) is 0 Å². The van der Waals surface area contributed by atoms with Crippen LogP contribution in [0.3, 0.4) is 0 Å². The van der Waals surface area contributed by atoms with Crippen molar-refractivity contribution in [3.63, 3.8) is 0 Å². The number of anilines is 1. The summed E-state index contributed by atoms with van der Waals surface area (Å²) in [4.78, 5) is 2.15. The van der Waals surface area contributed by atoms with Gasteiger partial charge in [0.05, 0.1) is 0 Å². The predicted molar refractivity (Wildman–Crippen MR) is 83.9 cm³/mol. The first-order valence-electron chi connectivity index (χ1n) is 7.52. The van der Waals surface area contributed by atoms with Crippen LogP contribution >= 0.6 is 0 Å². The van der Waals surface area contributed by atoms with Gasteiger partial charge >= 0.3 is 0 Å². The Balaban J connectivity index is 2.08. The summed E-state index contributed by atoms with van der Waals surface area (Å²) in [7, 11) is 4.18. The first-order valence-corrected chi connectivity index (χ1v) is 7.52. The normalized spacial score (nSPS) is 23.0. The zero-order chi connectivity index (χ0) is 13.9. The van der Waals surface area contributed by atoms with Crippen LogP contribution in [0.2, 0.25) is 0 Å².